The lowest BCUT2D eigenvalue weighted by Gasteiger charge is -2.26. The Labute approximate surface area is 188 Å². The van der Waals surface area contributed by atoms with Crippen LogP contribution < -0.4 is 4.74 Å². The van der Waals surface area contributed by atoms with Crippen LogP contribution in [0.15, 0.2) is 58.2 Å². The molecule has 0 saturated heterocycles. The van der Waals surface area contributed by atoms with E-state index in [9.17, 15) is 19.8 Å². The summed E-state index contributed by atoms with van der Waals surface area (Å²) in [5, 5.41) is 22.0. The van der Waals surface area contributed by atoms with E-state index < -0.39 is 23.5 Å². The van der Waals surface area contributed by atoms with Crippen LogP contribution in [0.1, 0.15) is 22.2 Å². The average Bonchev–Trinajstić information content (AvgIpc) is 3.30. The van der Waals surface area contributed by atoms with Gasteiger partial charge in [0.2, 0.25) is 5.78 Å². The highest BCUT2D eigenvalue weighted by atomic mass is 35.5. The molecule has 3 aromatic rings. The number of aromatic hydroxyl groups is 1. The summed E-state index contributed by atoms with van der Waals surface area (Å²) in [6, 6.07) is 9.98. The second-order valence-electron chi connectivity index (χ2n) is 7.21. The molecule has 0 aliphatic carbocycles. The Morgan fingerprint density at radius 3 is 2.62 bits per heavy atom. The summed E-state index contributed by atoms with van der Waals surface area (Å²) in [5.41, 5.74) is 0.706. The molecule has 1 unspecified atom stereocenters. The molecule has 2 heterocycles. The standard InChI is InChI=1S/C23H20ClNO7/c1-30-8-7-25-20(12-3-5-17(31-2)15(26)10-12)19(22(28)23(25)29)21(27)18-11-13-9-14(24)4-6-16(13)32-18/h3-6,9-11,20,26,28H,7-8H2,1-2H3. The number of rotatable bonds is 7. The number of nitrogens with zero attached hydrogens (tertiary/aromatic N) is 1. The van der Waals surface area contributed by atoms with Crippen LogP contribution in [0.4, 0.5) is 0 Å². The summed E-state index contributed by atoms with van der Waals surface area (Å²) >= 11 is 6.01. The second kappa shape index (κ2) is 8.57. The van der Waals surface area contributed by atoms with E-state index in [1.54, 1.807) is 24.3 Å². The summed E-state index contributed by atoms with van der Waals surface area (Å²) in [7, 11) is 2.89. The Kier molecular flexibility index (Phi) is 5.82. The molecule has 4 rings (SSSR count). The quantitative estimate of drug-likeness (QED) is 0.515. The van der Waals surface area contributed by atoms with Gasteiger partial charge < -0.3 is 29.0 Å². The van der Waals surface area contributed by atoms with Gasteiger partial charge in [-0.3, -0.25) is 9.59 Å². The lowest BCUT2D eigenvalue weighted by Crippen LogP contribution is -2.34. The maximum absolute atomic E-state index is 13.4. The van der Waals surface area contributed by atoms with E-state index in [4.69, 9.17) is 25.5 Å². The zero-order chi connectivity index (χ0) is 23.0. The normalized spacial score (nSPS) is 16.3. The minimum Gasteiger partial charge on any atom is -0.504 e. The van der Waals surface area contributed by atoms with Gasteiger partial charge in [0, 0.05) is 24.1 Å². The highest BCUT2D eigenvalue weighted by Gasteiger charge is 2.44. The van der Waals surface area contributed by atoms with E-state index in [2.05, 4.69) is 0 Å². The molecule has 2 aromatic carbocycles. The van der Waals surface area contributed by atoms with Gasteiger partial charge in [-0.15, -0.1) is 0 Å². The lowest BCUT2D eigenvalue weighted by molar-refractivity contribution is -0.130. The number of fused-ring (bicyclic) bond motifs is 1. The van der Waals surface area contributed by atoms with Crippen molar-refractivity contribution in [2.24, 2.45) is 0 Å². The molecule has 32 heavy (non-hydrogen) atoms. The van der Waals surface area contributed by atoms with E-state index in [0.29, 0.717) is 21.6 Å². The summed E-state index contributed by atoms with van der Waals surface area (Å²) in [6.07, 6.45) is 0. The minimum atomic E-state index is -0.959. The van der Waals surface area contributed by atoms with Crippen LogP contribution in [0.2, 0.25) is 5.02 Å². The van der Waals surface area contributed by atoms with Crippen molar-refractivity contribution in [3.63, 3.8) is 0 Å². The minimum absolute atomic E-state index is 0.0482. The first-order valence-electron chi connectivity index (χ1n) is 9.69. The Morgan fingerprint density at radius 2 is 1.94 bits per heavy atom. The first-order valence-corrected chi connectivity index (χ1v) is 10.1. The summed E-state index contributed by atoms with van der Waals surface area (Å²) in [6.45, 7) is 0.297. The molecule has 1 atom stereocenters. The average molecular weight is 458 g/mol. The summed E-state index contributed by atoms with van der Waals surface area (Å²) in [5.74, 6) is -2.02. The number of aliphatic hydroxyl groups excluding tert-OH is 1. The molecule has 1 aliphatic heterocycles. The zero-order valence-corrected chi connectivity index (χ0v) is 18.0. The van der Waals surface area contributed by atoms with Crippen molar-refractivity contribution in [1.82, 2.24) is 4.90 Å². The number of halogens is 1. The zero-order valence-electron chi connectivity index (χ0n) is 17.3. The molecule has 9 heteroatoms. The molecule has 1 aliphatic rings. The smallest absolute Gasteiger partial charge is 0.290 e. The van der Waals surface area contributed by atoms with Crippen LogP contribution in [0, 0.1) is 0 Å². The van der Waals surface area contributed by atoms with Gasteiger partial charge in [0.05, 0.1) is 25.3 Å². The van der Waals surface area contributed by atoms with Gasteiger partial charge in [0.1, 0.15) is 5.58 Å². The van der Waals surface area contributed by atoms with Crippen LogP contribution >= 0.6 is 11.6 Å². The van der Waals surface area contributed by atoms with Gasteiger partial charge >= 0.3 is 0 Å². The number of phenolic OH excluding ortho intramolecular Hbond substituents is 1. The largest absolute Gasteiger partial charge is 0.504 e. The number of Topliss-reactive ketones (excluding diaryl/α,β-unsaturated/α-hetero) is 1. The Balaban J connectivity index is 1.81. The van der Waals surface area contributed by atoms with E-state index in [1.165, 1.54) is 37.3 Å². The fourth-order valence-electron chi connectivity index (χ4n) is 3.79. The highest BCUT2D eigenvalue weighted by molar-refractivity contribution is 6.31. The molecule has 8 nitrogen and oxygen atoms in total. The van der Waals surface area contributed by atoms with Crippen molar-refractivity contribution in [1.29, 1.82) is 0 Å². The van der Waals surface area contributed by atoms with Gasteiger partial charge in [-0.05, 0) is 42.0 Å². The molecule has 0 bridgehead atoms. The maximum Gasteiger partial charge on any atom is 0.290 e. The number of carbonyl (C=O) groups excluding carboxylic acids is 2. The number of carbonyl (C=O) groups is 2. The van der Waals surface area contributed by atoms with Crippen molar-refractivity contribution < 1.29 is 33.7 Å². The molecule has 2 N–H and O–H groups in total. The number of aliphatic hydroxyl groups is 1. The molecule has 0 radical (unpaired) electrons. The monoisotopic (exact) mass is 457 g/mol. The molecule has 1 amide bonds. The molecular weight excluding hydrogens is 438 g/mol. The van der Waals surface area contributed by atoms with Crippen LogP contribution in [0.5, 0.6) is 11.5 Å². The SMILES string of the molecule is COCCN1C(=O)C(O)=C(C(=O)c2cc3cc(Cl)ccc3o2)C1c1ccc(OC)c(O)c1. The van der Waals surface area contributed by atoms with Crippen LogP contribution in [0.3, 0.4) is 0 Å². The third-order valence-corrected chi connectivity index (χ3v) is 5.54. The molecule has 0 spiro atoms. The number of phenols is 1. The number of amides is 1. The van der Waals surface area contributed by atoms with E-state index in [1.807, 2.05) is 0 Å². The molecular formula is C23H20ClNO7. The molecule has 1 aromatic heterocycles. The molecule has 0 fully saturated rings. The third kappa shape index (κ3) is 3.68. The van der Waals surface area contributed by atoms with Gasteiger partial charge in [-0.2, -0.15) is 0 Å². The van der Waals surface area contributed by atoms with Crippen LogP contribution in [-0.2, 0) is 9.53 Å². The first kappa shape index (κ1) is 21.7. The van der Waals surface area contributed by atoms with Crippen LogP contribution in [0.25, 0.3) is 11.0 Å². The topological polar surface area (TPSA) is 109 Å². The third-order valence-electron chi connectivity index (χ3n) is 5.31. The van der Waals surface area contributed by atoms with Crippen molar-refractivity contribution in [3.05, 3.63) is 70.1 Å². The van der Waals surface area contributed by atoms with E-state index in [-0.39, 0.29) is 36.0 Å². The number of benzene rings is 2. The van der Waals surface area contributed by atoms with Gasteiger partial charge in [0.25, 0.3) is 5.91 Å². The Morgan fingerprint density at radius 1 is 1.16 bits per heavy atom. The second-order valence-corrected chi connectivity index (χ2v) is 7.65. The Hall–Kier alpha value is -3.49. The van der Waals surface area contributed by atoms with Crippen molar-refractivity contribution >= 4 is 34.3 Å². The number of methoxy groups -OCH3 is 2. The van der Waals surface area contributed by atoms with Gasteiger partial charge in [-0.25, -0.2) is 0 Å². The number of hydrogen-bond acceptors (Lipinski definition) is 7. The van der Waals surface area contributed by atoms with E-state index >= 15 is 0 Å². The Bertz CT molecular complexity index is 1250. The lowest BCUT2D eigenvalue weighted by atomic mass is 9.94. The number of ether oxygens (including phenoxy) is 2. The fourth-order valence-corrected chi connectivity index (χ4v) is 3.97. The van der Waals surface area contributed by atoms with E-state index in [0.717, 1.165) is 0 Å². The van der Waals surface area contributed by atoms with Crippen molar-refractivity contribution in [2.75, 3.05) is 27.4 Å². The van der Waals surface area contributed by atoms with Gasteiger partial charge in [-0.1, -0.05) is 17.7 Å². The fraction of sp³-hybridized carbons (Fsp3) is 0.217. The number of furan rings is 1. The van der Waals surface area contributed by atoms with Crippen molar-refractivity contribution in [2.45, 2.75) is 6.04 Å². The van der Waals surface area contributed by atoms with Crippen molar-refractivity contribution in [3.8, 4) is 11.5 Å². The summed E-state index contributed by atoms with van der Waals surface area (Å²) < 4.78 is 15.8. The van der Waals surface area contributed by atoms with Crippen LogP contribution in [-0.4, -0.2) is 54.2 Å². The first-order chi connectivity index (χ1) is 15.3. The predicted octanol–water partition coefficient (Wildman–Crippen LogP) is 4.03. The van der Waals surface area contributed by atoms with Gasteiger partial charge in [0.15, 0.2) is 23.0 Å². The molecule has 166 valence electrons. The number of hydrogen-bond donors (Lipinski definition) is 2. The predicted molar refractivity (Wildman–Crippen MR) is 116 cm³/mol. The number of ketones is 1. The molecule has 0 saturated carbocycles. The maximum atomic E-state index is 13.4. The highest BCUT2D eigenvalue weighted by Crippen LogP contribution is 2.41. The summed E-state index contributed by atoms with van der Waals surface area (Å²) in [4.78, 5) is 27.6.